The maximum Gasteiger partial charge on any atom is 0.245 e. The number of rotatable bonds is 14. The van der Waals surface area contributed by atoms with E-state index < -0.39 is 29.1 Å². The SMILES string of the molecule is CCCCCNC(=O)C1N(CCCCCO)C(=O)[C@@H]2[C@@H](C(=O)Nc3ccc(OCC)cc3)[C@]3(C)OC12CC3C. The van der Waals surface area contributed by atoms with Gasteiger partial charge < -0.3 is 30.1 Å². The largest absolute Gasteiger partial charge is 0.494 e. The summed E-state index contributed by atoms with van der Waals surface area (Å²) in [6.07, 6.45) is 5.55. The lowest BCUT2D eigenvalue weighted by Gasteiger charge is -2.36. The average molecular weight is 544 g/mol. The van der Waals surface area contributed by atoms with Crippen LogP contribution in [0.2, 0.25) is 0 Å². The van der Waals surface area contributed by atoms with Crippen molar-refractivity contribution in [3.63, 3.8) is 0 Å². The van der Waals surface area contributed by atoms with Crippen LogP contribution in [0.15, 0.2) is 24.3 Å². The lowest BCUT2D eigenvalue weighted by atomic mass is 9.62. The third-order valence-electron chi connectivity index (χ3n) is 8.91. The predicted octanol–water partition coefficient (Wildman–Crippen LogP) is 3.50. The molecule has 0 aromatic heterocycles. The van der Waals surface area contributed by atoms with Crippen LogP contribution in [0.3, 0.4) is 0 Å². The molecule has 3 heterocycles. The number of carbonyl (C=O) groups is 3. The number of fused-ring (bicyclic) bond motifs is 1. The van der Waals surface area contributed by atoms with Gasteiger partial charge in [-0.05, 0) is 76.1 Å². The van der Waals surface area contributed by atoms with Crippen molar-refractivity contribution in [2.24, 2.45) is 17.8 Å². The summed E-state index contributed by atoms with van der Waals surface area (Å²) >= 11 is 0. The van der Waals surface area contributed by atoms with Crippen LogP contribution < -0.4 is 15.4 Å². The molecule has 2 bridgehead atoms. The molecule has 3 unspecified atom stereocenters. The van der Waals surface area contributed by atoms with Gasteiger partial charge in [-0.2, -0.15) is 0 Å². The minimum Gasteiger partial charge on any atom is -0.494 e. The van der Waals surface area contributed by atoms with Crippen molar-refractivity contribution in [1.29, 1.82) is 0 Å². The van der Waals surface area contributed by atoms with Gasteiger partial charge in [-0.1, -0.05) is 26.7 Å². The highest BCUT2D eigenvalue weighted by Gasteiger charge is 2.79. The molecule has 0 radical (unpaired) electrons. The van der Waals surface area contributed by atoms with E-state index in [0.717, 1.165) is 25.7 Å². The van der Waals surface area contributed by atoms with Crippen molar-refractivity contribution in [2.45, 2.75) is 89.9 Å². The monoisotopic (exact) mass is 543 g/mol. The number of anilines is 1. The molecule has 4 rings (SSSR count). The fraction of sp³-hybridized carbons (Fsp3) is 0.700. The Morgan fingerprint density at radius 3 is 2.51 bits per heavy atom. The van der Waals surface area contributed by atoms with Crippen molar-refractivity contribution in [3.05, 3.63) is 24.3 Å². The number of ether oxygens (including phenoxy) is 2. The quantitative estimate of drug-likeness (QED) is 0.309. The number of benzene rings is 1. The standard InChI is InChI=1S/C30H45N3O6/c1-5-7-9-16-31-27(36)25-30-19-20(3)29(4,39-30)23(24(30)28(37)33(25)17-10-8-11-18-34)26(35)32-21-12-14-22(15-13-21)38-6-2/h12-15,20,23-25,34H,5-11,16-19H2,1-4H3,(H,31,36)(H,32,35)/t20?,23-,24-,25?,29+,30?/m0/s1. The molecule has 0 saturated carbocycles. The minimum absolute atomic E-state index is 0.0117. The summed E-state index contributed by atoms with van der Waals surface area (Å²) in [5.74, 6) is -1.40. The van der Waals surface area contributed by atoms with E-state index in [9.17, 15) is 19.5 Å². The maximum absolute atomic E-state index is 14.1. The molecule has 3 saturated heterocycles. The third-order valence-corrected chi connectivity index (χ3v) is 8.91. The number of carbonyl (C=O) groups excluding carboxylic acids is 3. The number of aliphatic hydroxyl groups is 1. The number of nitrogens with one attached hydrogen (secondary N) is 2. The van der Waals surface area contributed by atoms with E-state index in [4.69, 9.17) is 9.47 Å². The molecule has 0 aliphatic carbocycles. The summed E-state index contributed by atoms with van der Waals surface area (Å²) in [6.45, 7) is 9.58. The van der Waals surface area contributed by atoms with Crippen LogP contribution in [0.25, 0.3) is 0 Å². The van der Waals surface area contributed by atoms with E-state index >= 15 is 0 Å². The van der Waals surface area contributed by atoms with Gasteiger partial charge in [0, 0.05) is 25.4 Å². The van der Waals surface area contributed by atoms with Gasteiger partial charge in [0.1, 0.15) is 17.4 Å². The fourth-order valence-electron chi connectivity index (χ4n) is 6.95. The molecule has 1 aromatic carbocycles. The van der Waals surface area contributed by atoms with Gasteiger partial charge in [-0.3, -0.25) is 14.4 Å². The van der Waals surface area contributed by atoms with Gasteiger partial charge in [0.15, 0.2) is 0 Å². The second-order valence-electron chi connectivity index (χ2n) is 11.5. The molecule has 216 valence electrons. The first kappa shape index (κ1) is 29.3. The number of hydrogen-bond donors (Lipinski definition) is 3. The molecule has 3 amide bonds. The molecule has 1 aromatic rings. The van der Waals surface area contributed by atoms with E-state index in [1.54, 1.807) is 29.2 Å². The average Bonchev–Trinajstić information content (AvgIpc) is 3.42. The molecule has 9 heteroatoms. The topological polar surface area (TPSA) is 117 Å². The molecule has 3 fully saturated rings. The van der Waals surface area contributed by atoms with Crippen LogP contribution >= 0.6 is 0 Å². The number of unbranched alkanes of at least 4 members (excludes halogenated alkanes) is 4. The van der Waals surface area contributed by atoms with Gasteiger partial charge in [-0.15, -0.1) is 0 Å². The molecule has 6 atom stereocenters. The Morgan fingerprint density at radius 2 is 1.85 bits per heavy atom. The van der Waals surface area contributed by atoms with E-state index in [-0.39, 0.29) is 30.2 Å². The second-order valence-corrected chi connectivity index (χ2v) is 11.5. The van der Waals surface area contributed by atoms with Gasteiger partial charge in [0.25, 0.3) is 0 Å². The lowest BCUT2D eigenvalue weighted by Crippen LogP contribution is -2.55. The van der Waals surface area contributed by atoms with Gasteiger partial charge in [-0.25, -0.2) is 0 Å². The van der Waals surface area contributed by atoms with E-state index in [1.807, 2.05) is 20.8 Å². The Kier molecular flexibility index (Phi) is 9.21. The van der Waals surface area contributed by atoms with Gasteiger partial charge >= 0.3 is 0 Å². The number of nitrogens with zero attached hydrogens (tertiary/aromatic N) is 1. The minimum atomic E-state index is -1.04. The summed E-state index contributed by atoms with van der Waals surface area (Å²) in [4.78, 5) is 43.3. The van der Waals surface area contributed by atoms with Crippen LogP contribution in [0.1, 0.15) is 72.6 Å². The third kappa shape index (κ3) is 5.40. The molecule has 1 spiro atoms. The first-order valence-corrected chi connectivity index (χ1v) is 14.7. The van der Waals surface area contributed by atoms with Crippen LogP contribution in [-0.4, -0.2) is 71.3 Å². The Balaban J connectivity index is 1.61. The van der Waals surface area contributed by atoms with Crippen LogP contribution in [0.5, 0.6) is 5.75 Å². The lowest BCUT2D eigenvalue weighted by molar-refractivity contribution is -0.146. The zero-order valence-electron chi connectivity index (χ0n) is 23.8. The van der Waals surface area contributed by atoms with Crippen molar-refractivity contribution < 1.29 is 29.0 Å². The zero-order chi connectivity index (χ0) is 28.2. The summed E-state index contributed by atoms with van der Waals surface area (Å²) in [7, 11) is 0. The molecule has 39 heavy (non-hydrogen) atoms. The number of hydrogen-bond acceptors (Lipinski definition) is 6. The normalized spacial score (nSPS) is 30.9. The fourth-order valence-corrected chi connectivity index (χ4v) is 6.95. The highest BCUT2D eigenvalue weighted by molar-refractivity contribution is 6.02. The highest BCUT2D eigenvalue weighted by Crippen LogP contribution is 2.65. The molecule has 3 N–H and O–H groups in total. The number of amides is 3. The zero-order valence-corrected chi connectivity index (χ0v) is 23.8. The smallest absolute Gasteiger partial charge is 0.245 e. The Morgan fingerprint density at radius 1 is 1.10 bits per heavy atom. The Hall–Kier alpha value is -2.65. The number of aliphatic hydroxyl groups excluding tert-OH is 1. The molecule has 3 aliphatic rings. The van der Waals surface area contributed by atoms with Crippen molar-refractivity contribution in [2.75, 3.05) is 31.6 Å². The first-order valence-electron chi connectivity index (χ1n) is 14.7. The van der Waals surface area contributed by atoms with Crippen molar-refractivity contribution in [3.8, 4) is 5.75 Å². The van der Waals surface area contributed by atoms with Crippen LogP contribution in [0.4, 0.5) is 5.69 Å². The number of likely N-dealkylation sites (tertiary alicyclic amines) is 1. The van der Waals surface area contributed by atoms with Gasteiger partial charge in [0.05, 0.1) is 24.0 Å². The van der Waals surface area contributed by atoms with Crippen molar-refractivity contribution >= 4 is 23.4 Å². The molecular formula is C30H45N3O6. The van der Waals surface area contributed by atoms with Gasteiger partial charge in [0.2, 0.25) is 17.7 Å². The molecule has 3 aliphatic heterocycles. The predicted molar refractivity (Wildman–Crippen MR) is 148 cm³/mol. The maximum atomic E-state index is 14.1. The molecular weight excluding hydrogens is 498 g/mol. The van der Waals surface area contributed by atoms with E-state index in [0.29, 0.717) is 50.4 Å². The summed E-state index contributed by atoms with van der Waals surface area (Å²) in [5, 5.41) is 15.3. The van der Waals surface area contributed by atoms with E-state index in [2.05, 4.69) is 17.6 Å². The van der Waals surface area contributed by atoms with Crippen LogP contribution in [-0.2, 0) is 19.1 Å². The summed E-state index contributed by atoms with van der Waals surface area (Å²) in [6, 6.07) is 6.40. The Bertz CT molecular complexity index is 1030. The highest BCUT2D eigenvalue weighted by atomic mass is 16.5. The second kappa shape index (κ2) is 12.3. The summed E-state index contributed by atoms with van der Waals surface area (Å²) < 4.78 is 12.3. The first-order chi connectivity index (χ1) is 18.7. The van der Waals surface area contributed by atoms with Crippen molar-refractivity contribution in [1.82, 2.24) is 10.2 Å². The van der Waals surface area contributed by atoms with Crippen LogP contribution in [0, 0.1) is 17.8 Å². The van der Waals surface area contributed by atoms with E-state index in [1.165, 1.54) is 0 Å². The Labute approximate surface area is 232 Å². The molecule has 9 nitrogen and oxygen atoms in total. The summed E-state index contributed by atoms with van der Waals surface area (Å²) in [5.41, 5.74) is -1.29.